The maximum Gasteiger partial charge on any atom is 0.255 e. The zero-order valence-electron chi connectivity index (χ0n) is 33.8. The van der Waals surface area contributed by atoms with Crippen molar-refractivity contribution in [2.75, 3.05) is 31.1 Å². The number of aryl methyl sites for hydroxylation is 2. The predicted molar refractivity (Wildman–Crippen MR) is 226 cm³/mol. The third kappa shape index (κ3) is 6.51. The summed E-state index contributed by atoms with van der Waals surface area (Å²) in [4.78, 5) is 44.5. The number of likely N-dealkylation sites (tertiary alicyclic amines) is 1. The van der Waals surface area contributed by atoms with Crippen LogP contribution < -0.4 is 15.0 Å². The van der Waals surface area contributed by atoms with Gasteiger partial charge in [-0.1, -0.05) is 48.5 Å². The number of ether oxygens (including phenoxy) is 1. The number of phenolic OH excluding ortho intramolecular Hbond substituents is 1. The number of anilines is 1. The van der Waals surface area contributed by atoms with Crippen molar-refractivity contribution in [2.24, 2.45) is 5.41 Å². The molecular weight excluding hydrogens is 737 g/mol. The van der Waals surface area contributed by atoms with Gasteiger partial charge in [0.15, 0.2) is 0 Å². The summed E-state index contributed by atoms with van der Waals surface area (Å²) >= 11 is 0. The Morgan fingerprint density at radius 2 is 1.49 bits per heavy atom. The van der Waals surface area contributed by atoms with Crippen molar-refractivity contribution in [1.82, 2.24) is 15.1 Å². The maximum absolute atomic E-state index is 13.4. The first kappa shape index (κ1) is 36.9. The van der Waals surface area contributed by atoms with Crippen LogP contribution in [0.1, 0.15) is 120 Å². The summed E-state index contributed by atoms with van der Waals surface area (Å²) in [5.74, 6) is 1.17. The van der Waals surface area contributed by atoms with E-state index in [0.717, 1.165) is 68.7 Å². The minimum absolute atomic E-state index is 0.121. The van der Waals surface area contributed by atoms with Gasteiger partial charge in [0.1, 0.15) is 23.1 Å². The van der Waals surface area contributed by atoms with Crippen molar-refractivity contribution < 1.29 is 24.2 Å². The first-order valence-electron chi connectivity index (χ1n) is 22.2. The largest absolute Gasteiger partial charge is 0.508 e. The first-order chi connectivity index (χ1) is 28.7. The molecule has 3 saturated heterocycles. The summed E-state index contributed by atoms with van der Waals surface area (Å²) < 4.78 is 6.79. The van der Waals surface area contributed by atoms with E-state index in [1.54, 1.807) is 4.90 Å². The Hall–Kier alpha value is -5.15. The molecule has 5 aliphatic heterocycles. The molecule has 3 atom stereocenters. The lowest BCUT2D eigenvalue weighted by Crippen LogP contribution is -2.68. The maximum atomic E-state index is 13.4. The van der Waals surface area contributed by atoms with E-state index in [4.69, 9.17) is 4.74 Å². The molecule has 4 aromatic rings. The number of benzene rings is 4. The highest BCUT2D eigenvalue weighted by molar-refractivity contribution is 6.05. The van der Waals surface area contributed by atoms with Gasteiger partial charge < -0.3 is 19.6 Å². The first-order valence-corrected chi connectivity index (χ1v) is 22.2. The van der Waals surface area contributed by atoms with Gasteiger partial charge in [-0.2, -0.15) is 0 Å². The van der Waals surface area contributed by atoms with Gasteiger partial charge in [0.05, 0.1) is 0 Å². The number of hydrogen-bond donors (Lipinski definition) is 2. The number of piperidine rings is 2. The van der Waals surface area contributed by atoms with Gasteiger partial charge in [0.2, 0.25) is 11.8 Å². The molecule has 3 amide bonds. The Labute approximate surface area is 346 Å². The van der Waals surface area contributed by atoms with Gasteiger partial charge in [-0.15, -0.1) is 0 Å². The van der Waals surface area contributed by atoms with Crippen molar-refractivity contribution in [3.63, 3.8) is 0 Å². The van der Waals surface area contributed by atoms with E-state index in [9.17, 15) is 19.5 Å². The van der Waals surface area contributed by atoms with Crippen LogP contribution in [-0.4, -0.2) is 76.5 Å². The number of nitrogens with zero attached hydrogens (tertiary/aromatic N) is 3. The molecule has 0 aromatic heterocycles. The highest BCUT2D eigenvalue weighted by Crippen LogP contribution is 2.50. The molecule has 2 spiro atoms. The second kappa shape index (κ2) is 14.3. The third-order valence-electron chi connectivity index (χ3n) is 15.7. The fourth-order valence-corrected chi connectivity index (χ4v) is 12.2. The lowest BCUT2D eigenvalue weighted by Gasteiger charge is -2.56. The second-order valence-corrected chi connectivity index (χ2v) is 18.9. The van der Waals surface area contributed by atoms with Gasteiger partial charge in [-0.25, -0.2) is 0 Å². The van der Waals surface area contributed by atoms with Crippen LogP contribution in [0.25, 0.3) is 0 Å². The van der Waals surface area contributed by atoms with Crippen molar-refractivity contribution in [3.8, 4) is 11.5 Å². The quantitative estimate of drug-likeness (QED) is 0.201. The number of hydrogen-bond acceptors (Lipinski definition) is 7. The summed E-state index contributed by atoms with van der Waals surface area (Å²) in [5, 5.41) is 12.7. The van der Waals surface area contributed by atoms with Gasteiger partial charge in [0, 0.05) is 62.4 Å². The van der Waals surface area contributed by atoms with Crippen molar-refractivity contribution >= 4 is 23.4 Å². The van der Waals surface area contributed by atoms with Crippen LogP contribution >= 0.6 is 0 Å². The van der Waals surface area contributed by atoms with Crippen molar-refractivity contribution in [2.45, 2.75) is 113 Å². The number of carbonyl (C=O) groups is 3. The van der Waals surface area contributed by atoms with Crippen LogP contribution in [0, 0.1) is 5.41 Å². The summed E-state index contributed by atoms with van der Waals surface area (Å²) in [6.45, 7) is 4.54. The minimum atomic E-state index is -0.602. The molecular formula is C50H54N4O5. The van der Waals surface area contributed by atoms with E-state index in [1.165, 1.54) is 66.5 Å². The Kier molecular flexibility index (Phi) is 8.91. The molecule has 2 N–H and O–H groups in total. The molecule has 9 heteroatoms. The van der Waals surface area contributed by atoms with Crippen molar-refractivity contribution in [3.05, 3.63) is 124 Å². The van der Waals surface area contributed by atoms with Crippen LogP contribution in [0.3, 0.4) is 0 Å². The molecule has 0 radical (unpaired) electrons. The molecule has 1 unspecified atom stereocenters. The van der Waals surface area contributed by atoms with E-state index in [-0.39, 0.29) is 35.7 Å². The van der Waals surface area contributed by atoms with Crippen LogP contribution in [0.2, 0.25) is 0 Å². The number of imide groups is 1. The average Bonchev–Trinajstić information content (AvgIpc) is 3.56. The zero-order chi connectivity index (χ0) is 39.9. The van der Waals surface area contributed by atoms with E-state index < -0.39 is 6.04 Å². The number of carbonyl (C=O) groups excluding carboxylic acids is 3. The number of fused-ring (bicyclic) bond motifs is 3. The van der Waals surface area contributed by atoms with Gasteiger partial charge in [-0.05, 0) is 152 Å². The summed E-state index contributed by atoms with van der Waals surface area (Å²) in [5.41, 5.74) is 9.67. The number of nitrogens with one attached hydrogen (secondary N) is 1. The predicted octanol–water partition coefficient (Wildman–Crippen LogP) is 7.62. The molecule has 0 bridgehead atoms. The van der Waals surface area contributed by atoms with Crippen LogP contribution in [0.4, 0.5) is 5.69 Å². The van der Waals surface area contributed by atoms with Crippen molar-refractivity contribution in [1.29, 1.82) is 0 Å². The van der Waals surface area contributed by atoms with Gasteiger partial charge in [0.25, 0.3) is 5.91 Å². The topological polar surface area (TPSA) is 102 Å². The molecule has 7 aliphatic rings. The lowest BCUT2D eigenvalue weighted by molar-refractivity contribution is -0.136. The fourth-order valence-electron chi connectivity index (χ4n) is 12.2. The molecule has 5 heterocycles. The average molecular weight is 791 g/mol. The monoisotopic (exact) mass is 790 g/mol. The highest BCUT2D eigenvalue weighted by atomic mass is 16.5. The molecule has 59 heavy (non-hydrogen) atoms. The molecule has 304 valence electrons. The second-order valence-electron chi connectivity index (χ2n) is 18.9. The Morgan fingerprint density at radius 1 is 0.712 bits per heavy atom. The number of amides is 3. The summed E-state index contributed by atoms with van der Waals surface area (Å²) in [7, 11) is 0. The zero-order valence-corrected chi connectivity index (χ0v) is 33.8. The van der Waals surface area contributed by atoms with Gasteiger partial charge >= 0.3 is 0 Å². The number of rotatable bonds is 5. The van der Waals surface area contributed by atoms with E-state index >= 15 is 0 Å². The molecule has 4 fully saturated rings. The van der Waals surface area contributed by atoms with Gasteiger partial charge in [-0.3, -0.25) is 24.6 Å². The Morgan fingerprint density at radius 3 is 2.25 bits per heavy atom. The SMILES string of the molecule is O=C1CCC(N2Cc3cc4c(cc3C2=O)CCC2(CN(C3CCC5(CC3)CCN(c3ccc([C@@H]6c7ccc(O)cc7CC[C@@H]6c6ccccc6)cc3)CC5)C2)O4)C(=O)N1. The molecule has 4 aromatic carbocycles. The molecule has 2 aliphatic carbocycles. The fraction of sp³-hybridized carbons (Fsp3) is 0.460. The van der Waals surface area contributed by atoms with E-state index in [1.807, 2.05) is 24.3 Å². The summed E-state index contributed by atoms with van der Waals surface area (Å²) in [6, 6.07) is 30.5. The highest BCUT2D eigenvalue weighted by Gasteiger charge is 2.51. The third-order valence-corrected chi connectivity index (χ3v) is 15.7. The normalized spacial score (nSPS) is 26.2. The van der Waals surface area contributed by atoms with E-state index in [0.29, 0.717) is 41.7 Å². The van der Waals surface area contributed by atoms with Crippen LogP contribution in [0.5, 0.6) is 11.5 Å². The Balaban J connectivity index is 0.690. The smallest absolute Gasteiger partial charge is 0.255 e. The van der Waals surface area contributed by atoms with Crippen LogP contribution in [0.15, 0.2) is 84.9 Å². The number of phenols is 1. The molecule has 9 nitrogen and oxygen atoms in total. The lowest BCUT2D eigenvalue weighted by atomic mass is 9.66. The molecule has 11 rings (SSSR count). The van der Waals surface area contributed by atoms with Crippen LogP contribution in [-0.2, 0) is 29.0 Å². The standard InChI is InChI=1S/C50H54N4O5/c55-39-11-13-41-34(26-39)8-12-40(32-4-2-1-3-5-32)46(41)33-6-9-37(10-7-33)52-24-22-49(23-25-52)19-17-38(18-20-49)53-30-50(31-53)21-16-35-27-42-36(28-44(35)59-50)29-54(48(42)58)43-14-15-45(56)51-47(43)57/h1-7,9-11,13,26-28,38,40,43,46,55H,8,12,14-25,29-31H2,(H,51,56,57)/t40-,43?,46+/m1/s1. The minimum Gasteiger partial charge on any atom is -0.508 e. The molecule has 1 saturated carbocycles. The summed E-state index contributed by atoms with van der Waals surface area (Å²) in [6.07, 6.45) is 12.2. The Bertz CT molecular complexity index is 2300. The number of aromatic hydroxyl groups is 1. The van der Waals surface area contributed by atoms with E-state index in [2.05, 4.69) is 75.8 Å².